The summed E-state index contributed by atoms with van der Waals surface area (Å²) < 4.78 is 0. The van der Waals surface area contributed by atoms with Crippen LogP contribution in [0.4, 0.5) is 5.69 Å². The minimum Gasteiger partial charge on any atom is -0.326 e. The molecule has 0 spiro atoms. The molecule has 6 heteroatoms. The summed E-state index contributed by atoms with van der Waals surface area (Å²) in [6, 6.07) is 5.60. The highest BCUT2D eigenvalue weighted by atomic mass is 35.5. The van der Waals surface area contributed by atoms with E-state index >= 15 is 0 Å². The van der Waals surface area contributed by atoms with E-state index in [1.165, 1.54) is 0 Å². The SMILES string of the molecule is O=C(Nc1cc(Cl)cc(Cl)c1)C1CCC2NNCC2C1. The number of halogens is 2. The number of benzene rings is 1. The summed E-state index contributed by atoms with van der Waals surface area (Å²) in [5.74, 6) is 0.673. The van der Waals surface area contributed by atoms with Gasteiger partial charge in [-0.2, -0.15) is 0 Å². The molecule has 3 N–H and O–H groups in total. The lowest BCUT2D eigenvalue weighted by Crippen LogP contribution is -2.38. The molecule has 20 heavy (non-hydrogen) atoms. The maximum atomic E-state index is 12.3. The number of fused-ring (bicyclic) bond motifs is 1. The van der Waals surface area contributed by atoms with E-state index in [2.05, 4.69) is 16.2 Å². The first-order valence-corrected chi connectivity index (χ1v) is 7.63. The highest BCUT2D eigenvalue weighted by Crippen LogP contribution is 2.32. The van der Waals surface area contributed by atoms with Crippen molar-refractivity contribution in [1.82, 2.24) is 10.9 Å². The summed E-state index contributed by atoms with van der Waals surface area (Å²) in [6.07, 6.45) is 2.87. The fourth-order valence-electron chi connectivity index (χ4n) is 3.11. The molecule has 1 aliphatic carbocycles. The third-order valence-corrected chi connectivity index (χ3v) is 4.57. The number of hydrogen-bond donors (Lipinski definition) is 3. The van der Waals surface area contributed by atoms with Gasteiger partial charge in [-0.3, -0.25) is 15.6 Å². The predicted octanol–water partition coefficient (Wildman–Crippen LogP) is 2.82. The molecular weight excluding hydrogens is 297 g/mol. The second kappa shape index (κ2) is 5.90. The Labute approximate surface area is 128 Å². The molecule has 3 atom stereocenters. The molecule has 2 aliphatic rings. The number of carbonyl (C=O) groups excluding carboxylic acids is 1. The quantitative estimate of drug-likeness (QED) is 0.787. The van der Waals surface area contributed by atoms with Crippen molar-refractivity contribution in [1.29, 1.82) is 0 Å². The summed E-state index contributed by atoms with van der Waals surface area (Å²) in [5, 5.41) is 3.98. The van der Waals surface area contributed by atoms with Crippen LogP contribution in [0.5, 0.6) is 0 Å². The third-order valence-electron chi connectivity index (χ3n) is 4.14. The van der Waals surface area contributed by atoms with Crippen LogP contribution in [0.1, 0.15) is 19.3 Å². The van der Waals surface area contributed by atoms with Crippen LogP contribution in [0, 0.1) is 11.8 Å². The van der Waals surface area contributed by atoms with Crippen molar-refractivity contribution >= 4 is 34.8 Å². The van der Waals surface area contributed by atoms with E-state index < -0.39 is 0 Å². The van der Waals surface area contributed by atoms with Gasteiger partial charge >= 0.3 is 0 Å². The lowest BCUT2D eigenvalue weighted by molar-refractivity contribution is -0.121. The summed E-state index contributed by atoms with van der Waals surface area (Å²) in [6.45, 7) is 0.942. The Bertz CT molecular complexity index is 503. The van der Waals surface area contributed by atoms with Crippen LogP contribution in [-0.2, 0) is 4.79 Å². The first-order chi connectivity index (χ1) is 9.61. The van der Waals surface area contributed by atoms with E-state index in [1.807, 2.05) is 0 Å². The molecule has 3 unspecified atom stereocenters. The number of anilines is 1. The second-order valence-electron chi connectivity index (χ2n) is 5.55. The van der Waals surface area contributed by atoms with Crippen molar-refractivity contribution in [2.75, 3.05) is 11.9 Å². The average Bonchev–Trinajstić information content (AvgIpc) is 2.84. The Kier molecular flexibility index (Phi) is 4.17. The summed E-state index contributed by atoms with van der Waals surface area (Å²) in [7, 11) is 0. The Morgan fingerprint density at radius 1 is 1.20 bits per heavy atom. The topological polar surface area (TPSA) is 53.2 Å². The smallest absolute Gasteiger partial charge is 0.227 e. The van der Waals surface area contributed by atoms with Gasteiger partial charge in [0.05, 0.1) is 0 Å². The van der Waals surface area contributed by atoms with Crippen LogP contribution >= 0.6 is 23.2 Å². The fraction of sp³-hybridized carbons (Fsp3) is 0.500. The highest BCUT2D eigenvalue weighted by molar-refractivity contribution is 6.35. The molecule has 1 aromatic rings. The molecule has 0 aromatic heterocycles. The van der Waals surface area contributed by atoms with Crippen molar-refractivity contribution in [3.05, 3.63) is 28.2 Å². The van der Waals surface area contributed by atoms with E-state index in [-0.39, 0.29) is 11.8 Å². The van der Waals surface area contributed by atoms with Gasteiger partial charge in [-0.1, -0.05) is 23.2 Å². The Balaban J connectivity index is 1.64. The zero-order chi connectivity index (χ0) is 14.1. The van der Waals surface area contributed by atoms with Crippen molar-refractivity contribution in [2.24, 2.45) is 11.8 Å². The lowest BCUT2D eigenvalue weighted by atomic mass is 9.78. The highest BCUT2D eigenvalue weighted by Gasteiger charge is 2.36. The number of carbonyl (C=O) groups is 1. The minimum atomic E-state index is 0.0636. The molecule has 3 rings (SSSR count). The van der Waals surface area contributed by atoms with E-state index in [0.29, 0.717) is 27.7 Å². The normalized spacial score (nSPS) is 29.0. The van der Waals surface area contributed by atoms with E-state index in [4.69, 9.17) is 23.2 Å². The van der Waals surface area contributed by atoms with Crippen LogP contribution in [-0.4, -0.2) is 18.5 Å². The molecular formula is C14H17Cl2N3O. The Morgan fingerprint density at radius 3 is 2.70 bits per heavy atom. The molecule has 1 heterocycles. The number of hydrazine groups is 1. The first-order valence-electron chi connectivity index (χ1n) is 6.87. The molecule has 1 aromatic carbocycles. The molecule has 0 bridgehead atoms. The molecule has 1 amide bonds. The van der Waals surface area contributed by atoms with Gasteiger partial charge in [0.2, 0.25) is 5.91 Å². The zero-order valence-corrected chi connectivity index (χ0v) is 12.5. The number of amides is 1. The largest absolute Gasteiger partial charge is 0.326 e. The third kappa shape index (κ3) is 3.09. The molecule has 0 radical (unpaired) electrons. The van der Waals surface area contributed by atoms with Crippen LogP contribution in [0.25, 0.3) is 0 Å². The van der Waals surface area contributed by atoms with E-state index in [1.54, 1.807) is 18.2 Å². The lowest BCUT2D eigenvalue weighted by Gasteiger charge is -2.29. The van der Waals surface area contributed by atoms with Crippen LogP contribution < -0.4 is 16.2 Å². The number of hydrogen-bond acceptors (Lipinski definition) is 3. The van der Waals surface area contributed by atoms with Crippen LogP contribution in [0.3, 0.4) is 0 Å². The van der Waals surface area contributed by atoms with Crippen molar-refractivity contribution < 1.29 is 4.79 Å². The zero-order valence-electron chi connectivity index (χ0n) is 11.0. The van der Waals surface area contributed by atoms with Gasteiger partial charge in [0.25, 0.3) is 0 Å². The minimum absolute atomic E-state index is 0.0636. The van der Waals surface area contributed by atoms with Crippen molar-refractivity contribution in [3.63, 3.8) is 0 Å². The number of nitrogens with one attached hydrogen (secondary N) is 3. The van der Waals surface area contributed by atoms with Crippen molar-refractivity contribution in [2.45, 2.75) is 25.3 Å². The molecule has 1 saturated heterocycles. The Hall–Kier alpha value is -0.810. The van der Waals surface area contributed by atoms with Gasteiger partial charge < -0.3 is 5.32 Å². The van der Waals surface area contributed by atoms with E-state index in [9.17, 15) is 4.79 Å². The van der Waals surface area contributed by atoms with Gasteiger partial charge in [-0.05, 0) is 43.4 Å². The first kappa shape index (κ1) is 14.1. The maximum absolute atomic E-state index is 12.3. The summed E-state index contributed by atoms with van der Waals surface area (Å²) >= 11 is 11.9. The Morgan fingerprint density at radius 2 is 1.95 bits per heavy atom. The average molecular weight is 314 g/mol. The molecule has 2 fully saturated rings. The van der Waals surface area contributed by atoms with Crippen LogP contribution in [0.15, 0.2) is 18.2 Å². The van der Waals surface area contributed by atoms with Gasteiger partial charge in [-0.15, -0.1) is 0 Å². The van der Waals surface area contributed by atoms with Crippen molar-refractivity contribution in [3.8, 4) is 0 Å². The maximum Gasteiger partial charge on any atom is 0.227 e. The van der Waals surface area contributed by atoms with Gasteiger partial charge in [0.15, 0.2) is 0 Å². The van der Waals surface area contributed by atoms with Crippen LogP contribution in [0.2, 0.25) is 10.0 Å². The molecule has 1 saturated carbocycles. The summed E-state index contributed by atoms with van der Waals surface area (Å²) in [4.78, 5) is 12.3. The summed E-state index contributed by atoms with van der Waals surface area (Å²) in [5.41, 5.74) is 7.10. The second-order valence-corrected chi connectivity index (χ2v) is 6.42. The number of rotatable bonds is 2. The van der Waals surface area contributed by atoms with E-state index in [0.717, 1.165) is 25.8 Å². The predicted molar refractivity (Wildman–Crippen MR) is 80.8 cm³/mol. The van der Waals surface area contributed by atoms with Gasteiger partial charge in [0.1, 0.15) is 0 Å². The molecule has 1 aliphatic heterocycles. The monoisotopic (exact) mass is 313 g/mol. The standard InChI is InChI=1S/C14H17Cl2N3O/c15-10-4-11(16)6-12(5-10)18-14(20)8-1-2-13-9(3-8)7-17-19-13/h4-6,8-9,13,17,19H,1-3,7H2,(H,18,20). The molecule has 4 nitrogen and oxygen atoms in total. The van der Waals surface area contributed by atoms with Gasteiger partial charge in [-0.25, -0.2) is 0 Å². The van der Waals surface area contributed by atoms with Gasteiger partial charge in [0, 0.05) is 34.2 Å². The fourth-order valence-corrected chi connectivity index (χ4v) is 3.64. The molecule has 108 valence electrons.